The number of aryl methyl sites for hydroxylation is 1. The fourth-order valence-electron chi connectivity index (χ4n) is 4.36. The third-order valence-corrected chi connectivity index (χ3v) is 7.83. The SMILES string of the molecule is CC(=Cc1csc(C)n1)[C@@H]1C[C@@H]2O[C@]2(F)CCO[C@@H](C)[C@@H](O)[C@@H](C)C(=O)C(C)(C)[C@@H](O)CC(=O)O1. The van der Waals surface area contributed by atoms with Crippen LogP contribution in [-0.2, 0) is 23.8 Å². The van der Waals surface area contributed by atoms with Gasteiger partial charge in [0.2, 0.25) is 5.85 Å². The lowest BCUT2D eigenvalue weighted by molar-refractivity contribution is -0.155. The molecular formula is C25H36FNO7S. The van der Waals surface area contributed by atoms with Crippen molar-refractivity contribution < 1.29 is 38.4 Å². The second-order valence-electron chi connectivity index (χ2n) is 10.2. The van der Waals surface area contributed by atoms with Gasteiger partial charge in [0, 0.05) is 24.1 Å². The summed E-state index contributed by atoms with van der Waals surface area (Å²) < 4.78 is 31.7. The Morgan fingerprint density at radius 2 is 1.97 bits per heavy atom. The topological polar surface area (TPSA) is 118 Å². The molecule has 7 atom stereocenters. The van der Waals surface area contributed by atoms with Gasteiger partial charge in [0.1, 0.15) is 18.0 Å². The van der Waals surface area contributed by atoms with E-state index in [1.807, 2.05) is 12.3 Å². The highest BCUT2D eigenvalue weighted by Gasteiger charge is 2.58. The number of hydrogen-bond acceptors (Lipinski definition) is 9. The molecule has 2 aliphatic rings. The molecule has 8 nitrogen and oxygen atoms in total. The number of alkyl halides is 1. The van der Waals surface area contributed by atoms with Crippen molar-refractivity contribution in [3.8, 4) is 0 Å². The van der Waals surface area contributed by atoms with E-state index in [9.17, 15) is 19.8 Å². The van der Waals surface area contributed by atoms with Crippen molar-refractivity contribution in [2.75, 3.05) is 6.61 Å². The number of aliphatic hydroxyl groups excluding tert-OH is 2. The fourth-order valence-corrected chi connectivity index (χ4v) is 4.93. The summed E-state index contributed by atoms with van der Waals surface area (Å²) in [5.74, 6) is -3.92. The first kappa shape index (κ1) is 27.9. The zero-order valence-corrected chi connectivity index (χ0v) is 21.9. The van der Waals surface area contributed by atoms with Gasteiger partial charge in [-0.15, -0.1) is 11.3 Å². The number of thiazole rings is 1. The molecular weight excluding hydrogens is 477 g/mol. The molecule has 3 rings (SSSR count). The van der Waals surface area contributed by atoms with E-state index in [1.165, 1.54) is 25.2 Å². The summed E-state index contributed by atoms with van der Waals surface area (Å²) in [6.07, 6.45) is -3.46. The van der Waals surface area contributed by atoms with Gasteiger partial charge in [0.25, 0.3) is 0 Å². The van der Waals surface area contributed by atoms with E-state index in [1.54, 1.807) is 26.8 Å². The van der Waals surface area contributed by atoms with E-state index in [4.69, 9.17) is 14.2 Å². The van der Waals surface area contributed by atoms with Crippen LogP contribution in [-0.4, -0.2) is 69.9 Å². The van der Waals surface area contributed by atoms with Gasteiger partial charge in [-0.05, 0) is 32.4 Å². The molecule has 0 unspecified atom stereocenters. The molecule has 35 heavy (non-hydrogen) atoms. The average Bonchev–Trinajstić information content (AvgIpc) is 3.22. The highest BCUT2D eigenvalue weighted by Crippen LogP contribution is 2.45. The van der Waals surface area contributed by atoms with E-state index >= 15 is 4.39 Å². The van der Waals surface area contributed by atoms with Crippen LogP contribution in [0.25, 0.3) is 6.08 Å². The van der Waals surface area contributed by atoms with Crippen molar-refractivity contribution in [2.45, 2.75) is 97.2 Å². The number of cyclic esters (lactones) is 1. The molecule has 0 saturated carbocycles. The van der Waals surface area contributed by atoms with Crippen molar-refractivity contribution in [1.82, 2.24) is 4.98 Å². The maximum absolute atomic E-state index is 15.1. The van der Waals surface area contributed by atoms with E-state index in [0.717, 1.165) is 5.01 Å². The molecule has 0 aliphatic carbocycles. The zero-order chi connectivity index (χ0) is 26.1. The van der Waals surface area contributed by atoms with Crippen LogP contribution >= 0.6 is 11.3 Å². The molecule has 0 radical (unpaired) electrons. The molecule has 2 saturated heterocycles. The number of nitrogens with zero attached hydrogens (tertiary/aromatic N) is 1. The molecule has 0 amide bonds. The molecule has 196 valence electrons. The van der Waals surface area contributed by atoms with Crippen LogP contribution in [0.5, 0.6) is 0 Å². The van der Waals surface area contributed by atoms with Crippen molar-refractivity contribution in [3.05, 3.63) is 21.7 Å². The minimum Gasteiger partial charge on any atom is -0.458 e. The van der Waals surface area contributed by atoms with Crippen molar-refractivity contribution >= 4 is 29.2 Å². The second kappa shape index (κ2) is 10.7. The summed E-state index contributed by atoms with van der Waals surface area (Å²) in [7, 11) is 0. The Morgan fingerprint density at radius 1 is 1.29 bits per heavy atom. The molecule has 0 bridgehead atoms. The standard InChI is InChI=1S/C25H36FNO7S/c1-13(9-17-12-35-16(4)27-17)18-10-20-25(26,34-20)7-8-32-15(3)22(30)14(2)23(31)24(5,6)19(28)11-21(29)33-18/h9,12,14-15,18-20,22,28,30H,7-8,10-11H2,1-6H3/t14-,15+,18+,19+,20+,22+,25-/m1/s1. The minimum absolute atomic E-state index is 0.0183. The summed E-state index contributed by atoms with van der Waals surface area (Å²) in [6.45, 7) is 9.86. The monoisotopic (exact) mass is 513 g/mol. The normalized spacial score (nSPS) is 37.5. The number of carbonyl (C=O) groups excluding carboxylic acids is 2. The number of halogens is 1. The van der Waals surface area contributed by atoms with Crippen LogP contribution in [0.4, 0.5) is 4.39 Å². The lowest BCUT2D eigenvalue weighted by atomic mass is 9.74. The highest BCUT2D eigenvalue weighted by molar-refractivity contribution is 7.09. The summed E-state index contributed by atoms with van der Waals surface area (Å²) in [5, 5.41) is 24.1. The van der Waals surface area contributed by atoms with Crippen LogP contribution in [0.1, 0.15) is 64.6 Å². The van der Waals surface area contributed by atoms with Gasteiger partial charge in [-0.3, -0.25) is 9.59 Å². The average molecular weight is 514 g/mol. The van der Waals surface area contributed by atoms with E-state index < -0.39 is 65.9 Å². The third kappa shape index (κ3) is 6.54. The van der Waals surface area contributed by atoms with Crippen LogP contribution in [0.15, 0.2) is 11.0 Å². The quantitative estimate of drug-likeness (QED) is 0.457. The van der Waals surface area contributed by atoms with Crippen molar-refractivity contribution in [3.63, 3.8) is 0 Å². The number of aliphatic hydroxyl groups is 2. The predicted molar refractivity (Wildman–Crippen MR) is 128 cm³/mol. The van der Waals surface area contributed by atoms with E-state index in [-0.39, 0.29) is 19.4 Å². The van der Waals surface area contributed by atoms with Gasteiger partial charge in [0.15, 0.2) is 0 Å². The number of epoxide rings is 1. The number of hydrogen-bond donors (Lipinski definition) is 2. The Balaban J connectivity index is 1.85. The molecule has 2 fully saturated rings. The molecule has 0 spiro atoms. The first-order chi connectivity index (χ1) is 16.2. The first-order valence-electron chi connectivity index (χ1n) is 11.9. The maximum Gasteiger partial charge on any atom is 0.309 e. The predicted octanol–water partition coefficient (Wildman–Crippen LogP) is 3.37. The van der Waals surface area contributed by atoms with Crippen LogP contribution in [0.3, 0.4) is 0 Å². The largest absolute Gasteiger partial charge is 0.458 e. The smallest absolute Gasteiger partial charge is 0.309 e. The Bertz CT molecular complexity index is 963. The molecule has 1 aromatic heterocycles. The Kier molecular flexibility index (Phi) is 8.53. The summed E-state index contributed by atoms with van der Waals surface area (Å²) >= 11 is 1.48. The lowest BCUT2D eigenvalue weighted by Gasteiger charge is -2.34. The van der Waals surface area contributed by atoms with Gasteiger partial charge in [0.05, 0.1) is 47.5 Å². The van der Waals surface area contributed by atoms with Crippen molar-refractivity contribution in [1.29, 1.82) is 0 Å². The highest BCUT2D eigenvalue weighted by atomic mass is 32.1. The number of carbonyl (C=O) groups is 2. The number of aromatic nitrogens is 1. The van der Waals surface area contributed by atoms with Crippen LogP contribution in [0, 0.1) is 18.3 Å². The molecule has 1 aromatic rings. The number of Topliss-reactive ketones (excluding diaryl/α,β-unsaturated/α-hetero) is 1. The van der Waals surface area contributed by atoms with Gasteiger partial charge in [-0.1, -0.05) is 20.8 Å². The lowest BCUT2D eigenvalue weighted by Crippen LogP contribution is -2.47. The molecule has 2 aliphatic heterocycles. The van der Waals surface area contributed by atoms with Gasteiger partial charge in [-0.2, -0.15) is 0 Å². The number of ether oxygens (including phenoxy) is 3. The number of rotatable bonds is 2. The summed E-state index contributed by atoms with van der Waals surface area (Å²) in [5.41, 5.74) is 0.0507. The second-order valence-corrected chi connectivity index (χ2v) is 11.3. The zero-order valence-electron chi connectivity index (χ0n) is 21.1. The molecule has 2 N–H and O–H groups in total. The first-order valence-corrected chi connectivity index (χ1v) is 12.8. The van der Waals surface area contributed by atoms with E-state index in [2.05, 4.69) is 4.98 Å². The number of esters is 1. The number of fused-ring (bicyclic) bond motifs is 1. The Labute approximate surface area is 209 Å². The number of ketones is 1. The van der Waals surface area contributed by atoms with Crippen molar-refractivity contribution in [2.24, 2.45) is 11.3 Å². The van der Waals surface area contributed by atoms with E-state index in [0.29, 0.717) is 11.3 Å². The molecule has 10 heteroatoms. The molecule has 3 heterocycles. The molecule has 0 aromatic carbocycles. The maximum atomic E-state index is 15.1. The van der Waals surface area contributed by atoms with Gasteiger partial charge < -0.3 is 24.4 Å². The van der Waals surface area contributed by atoms with Gasteiger partial charge in [-0.25, -0.2) is 9.37 Å². The summed E-state index contributed by atoms with van der Waals surface area (Å²) in [6, 6.07) is 0. The third-order valence-electron chi connectivity index (χ3n) is 7.04. The van der Waals surface area contributed by atoms with Gasteiger partial charge >= 0.3 is 5.97 Å². The van der Waals surface area contributed by atoms with Crippen LogP contribution in [0.2, 0.25) is 0 Å². The Hall–Kier alpha value is -1.72. The minimum atomic E-state index is -1.92. The van der Waals surface area contributed by atoms with Crippen LogP contribution < -0.4 is 0 Å². The fraction of sp³-hybridized carbons (Fsp3) is 0.720. The Morgan fingerprint density at radius 3 is 2.60 bits per heavy atom. The summed E-state index contributed by atoms with van der Waals surface area (Å²) in [4.78, 5) is 30.3.